The molecule has 0 saturated carbocycles. The maximum absolute atomic E-state index is 12.8. The van der Waals surface area contributed by atoms with Gasteiger partial charge in [0.2, 0.25) is 0 Å². The van der Waals surface area contributed by atoms with Crippen molar-refractivity contribution < 1.29 is 14.3 Å². The molecule has 3 nitrogen and oxygen atoms in total. The summed E-state index contributed by atoms with van der Waals surface area (Å²) < 4.78 is 11.4. The average Bonchev–Trinajstić information content (AvgIpc) is 2.50. The van der Waals surface area contributed by atoms with Gasteiger partial charge in [-0.2, -0.15) is 0 Å². The lowest BCUT2D eigenvalue weighted by atomic mass is 9.78. The Morgan fingerprint density at radius 2 is 2.05 bits per heavy atom. The zero-order valence-electron chi connectivity index (χ0n) is 12.4. The molecule has 0 aromatic heterocycles. The maximum Gasteiger partial charge on any atom is 0.167 e. The number of ketones is 1. The van der Waals surface area contributed by atoms with Crippen molar-refractivity contribution in [2.75, 3.05) is 19.8 Å². The Morgan fingerprint density at radius 3 is 2.81 bits per heavy atom. The second-order valence-corrected chi connectivity index (χ2v) is 6.51. The van der Waals surface area contributed by atoms with Crippen LogP contribution in [0.25, 0.3) is 0 Å². The van der Waals surface area contributed by atoms with E-state index in [1.54, 1.807) is 0 Å². The molecule has 0 amide bonds. The molecule has 0 N–H and O–H groups in total. The standard InChI is InChI=1S/C17H21ClO3/c1-12-3-2-4-14(15(12)18)16(19)13-5-8-21-17(11-13)6-9-20-10-7-17/h2-4,13H,5-11H2,1H3. The van der Waals surface area contributed by atoms with Gasteiger partial charge in [-0.15, -0.1) is 0 Å². The van der Waals surface area contributed by atoms with Gasteiger partial charge in [-0.1, -0.05) is 23.7 Å². The number of hydrogen-bond acceptors (Lipinski definition) is 3. The van der Waals surface area contributed by atoms with E-state index in [1.165, 1.54) is 0 Å². The van der Waals surface area contributed by atoms with Crippen LogP contribution in [-0.2, 0) is 9.47 Å². The van der Waals surface area contributed by atoms with E-state index in [0.29, 0.717) is 17.2 Å². The number of halogens is 1. The lowest BCUT2D eigenvalue weighted by Crippen LogP contribution is -2.45. The zero-order valence-corrected chi connectivity index (χ0v) is 13.1. The van der Waals surface area contributed by atoms with Gasteiger partial charge in [0.1, 0.15) is 0 Å². The van der Waals surface area contributed by atoms with E-state index in [4.69, 9.17) is 21.1 Å². The molecule has 2 aliphatic heterocycles. The molecule has 0 radical (unpaired) electrons. The van der Waals surface area contributed by atoms with Crippen LogP contribution in [0.2, 0.25) is 5.02 Å². The van der Waals surface area contributed by atoms with Crippen LogP contribution in [0.4, 0.5) is 0 Å². The quantitative estimate of drug-likeness (QED) is 0.779. The third-order valence-electron chi connectivity index (χ3n) is 4.73. The van der Waals surface area contributed by atoms with E-state index >= 15 is 0 Å². The lowest BCUT2D eigenvalue weighted by Gasteiger charge is -2.43. The van der Waals surface area contributed by atoms with Crippen LogP contribution in [0.3, 0.4) is 0 Å². The van der Waals surface area contributed by atoms with Crippen molar-refractivity contribution in [1.82, 2.24) is 0 Å². The van der Waals surface area contributed by atoms with Crippen molar-refractivity contribution in [2.24, 2.45) is 5.92 Å². The van der Waals surface area contributed by atoms with Gasteiger partial charge in [0.15, 0.2) is 5.78 Å². The molecule has 21 heavy (non-hydrogen) atoms. The Bertz CT molecular complexity index is 529. The predicted octanol–water partition coefficient (Wildman–Crippen LogP) is 3.81. The number of Topliss-reactive ketones (excluding diaryl/α,β-unsaturated/α-hetero) is 1. The molecule has 1 spiro atoms. The van der Waals surface area contributed by atoms with Gasteiger partial charge in [-0.3, -0.25) is 4.79 Å². The normalized spacial score (nSPS) is 25.0. The van der Waals surface area contributed by atoms with Gasteiger partial charge in [0, 0.05) is 31.3 Å². The Labute approximate surface area is 130 Å². The first-order valence-electron chi connectivity index (χ1n) is 7.62. The fourth-order valence-electron chi connectivity index (χ4n) is 3.40. The van der Waals surface area contributed by atoms with Crippen LogP contribution in [0.5, 0.6) is 0 Å². The fourth-order valence-corrected chi connectivity index (χ4v) is 3.62. The van der Waals surface area contributed by atoms with Crippen LogP contribution in [0.15, 0.2) is 18.2 Å². The Morgan fingerprint density at radius 1 is 1.29 bits per heavy atom. The summed E-state index contributed by atoms with van der Waals surface area (Å²) in [4.78, 5) is 12.8. The number of carbonyl (C=O) groups is 1. The Hall–Kier alpha value is -0.900. The van der Waals surface area contributed by atoms with Gasteiger partial charge in [-0.25, -0.2) is 0 Å². The second-order valence-electron chi connectivity index (χ2n) is 6.13. The van der Waals surface area contributed by atoms with Gasteiger partial charge in [0.05, 0.1) is 10.6 Å². The minimum atomic E-state index is -0.160. The van der Waals surface area contributed by atoms with E-state index in [0.717, 1.165) is 44.5 Å². The molecular weight excluding hydrogens is 288 g/mol. The topological polar surface area (TPSA) is 35.5 Å². The number of rotatable bonds is 2. The van der Waals surface area contributed by atoms with Crippen molar-refractivity contribution in [3.05, 3.63) is 34.3 Å². The summed E-state index contributed by atoms with van der Waals surface area (Å²) in [5.74, 6) is 0.175. The highest BCUT2D eigenvalue weighted by molar-refractivity contribution is 6.34. The zero-order chi connectivity index (χ0) is 14.9. The smallest absolute Gasteiger partial charge is 0.167 e. The second kappa shape index (κ2) is 6.07. The van der Waals surface area contributed by atoms with E-state index in [-0.39, 0.29) is 17.3 Å². The van der Waals surface area contributed by atoms with Crippen molar-refractivity contribution in [3.63, 3.8) is 0 Å². The average molecular weight is 309 g/mol. The molecule has 3 rings (SSSR count). The first-order chi connectivity index (χ1) is 10.1. The van der Waals surface area contributed by atoms with Crippen molar-refractivity contribution in [3.8, 4) is 0 Å². The minimum absolute atomic E-state index is 0.0103. The van der Waals surface area contributed by atoms with E-state index in [1.807, 2.05) is 25.1 Å². The summed E-state index contributed by atoms with van der Waals surface area (Å²) in [6.45, 7) is 4.04. The monoisotopic (exact) mass is 308 g/mol. The molecular formula is C17H21ClO3. The SMILES string of the molecule is Cc1cccc(C(=O)C2CCOC3(CCOCC3)C2)c1Cl. The highest BCUT2D eigenvalue weighted by Gasteiger charge is 2.41. The van der Waals surface area contributed by atoms with Crippen molar-refractivity contribution in [2.45, 2.75) is 38.2 Å². The number of carbonyl (C=O) groups excluding carboxylic acids is 1. The highest BCUT2D eigenvalue weighted by atomic mass is 35.5. The highest BCUT2D eigenvalue weighted by Crippen LogP contribution is 2.39. The fraction of sp³-hybridized carbons (Fsp3) is 0.588. The molecule has 2 aliphatic rings. The molecule has 1 atom stereocenters. The van der Waals surface area contributed by atoms with E-state index in [2.05, 4.69) is 0 Å². The van der Waals surface area contributed by atoms with Gasteiger partial charge >= 0.3 is 0 Å². The minimum Gasteiger partial charge on any atom is -0.381 e. The summed E-state index contributed by atoms with van der Waals surface area (Å²) in [7, 11) is 0. The predicted molar refractivity (Wildman–Crippen MR) is 82.0 cm³/mol. The largest absolute Gasteiger partial charge is 0.381 e. The molecule has 1 aromatic rings. The molecule has 0 aliphatic carbocycles. The maximum atomic E-state index is 12.8. The summed E-state index contributed by atoms with van der Waals surface area (Å²) in [5.41, 5.74) is 1.45. The van der Waals surface area contributed by atoms with Gasteiger partial charge in [0.25, 0.3) is 0 Å². The van der Waals surface area contributed by atoms with E-state index in [9.17, 15) is 4.79 Å². The number of aryl methyl sites for hydroxylation is 1. The Balaban J connectivity index is 1.79. The van der Waals surface area contributed by atoms with Crippen molar-refractivity contribution in [1.29, 1.82) is 0 Å². The van der Waals surface area contributed by atoms with Crippen LogP contribution < -0.4 is 0 Å². The lowest BCUT2D eigenvalue weighted by molar-refractivity contribution is -0.142. The summed E-state index contributed by atoms with van der Waals surface area (Å²) >= 11 is 6.31. The summed E-state index contributed by atoms with van der Waals surface area (Å²) in [5, 5.41) is 0.593. The van der Waals surface area contributed by atoms with Gasteiger partial charge < -0.3 is 9.47 Å². The summed E-state index contributed by atoms with van der Waals surface area (Å²) in [6.07, 6.45) is 3.35. The van der Waals surface area contributed by atoms with Crippen LogP contribution >= 0.6 is 11.6 Å². The molecule has 114 valence electrons. The van der Waals surface area contributed by atoms with Crippen LogP contribution in [-0.4, -0.2) is 31.2 Å². The van der Waals surface area contributed by atoms with E-state index < -0.39 is 0 Å². The molecule has 2 saturated heterocycles. The molecule has 1 unspecified atom stereocenters. The number of ether oxygens (including phenoxy) is 2. The number of hydrogen-bond donors (Lipinski definition) is 0. The molecule has 2 heterocycles. The van der Waals surface area contributed by atoms with Crippen molar-refractivity contribution >= 4 is 17.4 Å². The molecule has 2 fully saturated rings. The molecule has 4 heteroatoms. The third-order valence-corrected chi connectivity index (χ3v) is 5.23. The first kappa shape index (κ1) is 15.0. The van der Waals surface area contributed by atoms with Crippen LogP contribution in [0.1, 0.15) is 41.6 Å². The number of benzene rings is 1. The van der Waals surface area contributed by atoms with Gasteiger partial charge in [-0.05, 0) is 44.2 Å². The molecule has 1 aromatic carbocycles. The first-order valence-corrected chi connectivity index (χ1v) is 8.00. The Kier molecular flexibility index (Phi) is 4.34. The summed E-state index contributed by atoms with van der Waals surface area (Å²) in [6, 6.07) is 5.67. The van der Waals surface area contributed by atoms with Crippen LogP contribution in [0, 0.1) is 12.8 Å². The third kappa shape index (κ3) is 3.01. The molecule has 0 bridgehead atoms.